The van der Waals surface area contributed by atoms with Crippen LogP contribution in [0.5, 0.6) is 5.75 Å². The lowest BCUT2D eigenvalue weighted by atomic mass is 10.0. The van der Waals surface area contributed by atoms with E-state index in [9.17, 15) is 40.7 Å². The lowest BCUT2D eigenvalue weighted by Gasteiger charge is -2.24. The van der Waals surface area contributed by atoms with Crippen molar-refractivity contribution in [1.82, 2.24) is 4.98 Å². The van der Waals surface area contributed by atoms with Gasteiger partial charge in [0, 0.05) is 29.1 Å². The summed E-state index contributed by atoms with van der Waals surface area (Å²) >= 11 is 0. The number of amides is 1. The molecule has 1 N–H and O–H groups in total. The largest absolute Gasteiger partial charge is 0.496 e. The number of anilines is 1. The molecule has 0 aliphatic carbocycles. The van der Waals surface area contributed by atoms with E-state index in [0.29, 0.717) is 23.3 Å². The minimum atomic E-state index is -5.00. The molecule has 1 amide bonds. The summed E-state index contributed by atoms with van der Waals surface area (Å²) < 4.78 is 83.7. The van der Waals surface area contributed by atoms with Gasteiger partial charge in [0.1, 0.15) is 18.1 Å². The lowest BCUT2D eigenvalue weighted by Crippen LogP contribution is -2.36. The molecular weight excluding hydrogens is 508 g/mol. The number of alkyl halides is 3. The van der Waals surface area contributed by atoms with E-state index in [2.05, 4.69) is 4.98 Å². The highest BCUT2D eigenvalue weighted by atomic mass is 32.2. The fraction of sp³-hybridized carbons (Fsp3) is 0.174. The Kier molecular flexibility index (Phi) is 7.34. The zero-order valence-electron chi connectivity index (χ0n) is 18.7. The molecule has 190 valence electrons. The summed E-state index contributed by atoms with van der Waals surface area (Å²) in [6.45, 7) is -1.03. The topological polar surface area (TPSA) is 114 Å². The number of ether oxygens (including phenoxy) is 1. The Hall–Kier alpha value is -4.00. The number of sulfone groups is 1. The summed E-state index contributed by atoms with van der Waals surface area (Å²) in [7, 11) is -2.88. The zero-order valence-corrected chi connectivity index (χ0v) is 19.5. The average molecular weight is 526 g/mol. The molecule has 0 saturated carbocycles. The van der Waals surface area contributed by atoms with Gasteiger partial charge in [0.25, 0.3) is 5.91 Å². The maximum absolute atomic E-state index is 14.0. The molecule has 0 unspecified atom stereocenters. The number of benzene rings is 2. The number of nitrogens with zero attached hydrogens (tertiary/aromatic N) is 2. The van der Waals surface area contributed by atoms with Crippen LogP contribution in [0.1, 0.15) is 15.9 Å². The molecule has 3 aromatic rings. The Labute approximate surface area is 202 Å². The summed E-state index contributed by atoms with van der Waals surface area (Å²) in [5.41, 5.74) is -2.13. The molecule has 0 radical (unpaired) electrons. The van der Waals surface area contributed by atoms with Crippen LogP contribution in [0.25, 0.3) is 11.1 Å². The van der Waals surface area contributed by atoms with Crippen LogP contribution < -0.4 is 9.64 Å². The molecule has 0 bridgehead atoms. The van der Waals surface area contributed by atoms with E-state index < -0.39 is 56.3 Å². The van der Waals surface area contributed by atoms with Gasteiger partial charge in [-0.25, -0.2) is 12.8 Å². The third-order valence-corrected chi connectivity index (χ3v) is 6.08. The normalized spacial score (nSPS) is 11.7. The average Bonchev–Trinajstić information content (AvgIpc) is 2.80. The fourth-order valence-corrected chi connectivity index (χ4v) is 4.06. The Morgan fingerprint density at radius 1 is 1.08 bits per heavy atom. The van der Waals surface area contributed by atoms with Crippen LogP contribution in [-0.4, -0.2) is 50.3 Å². The Morgan fingerprint density at radius 3 is 2.36 bits per heavy atom. The number of carbonyl (C=O) groups excluding carboxylic acids is 1. The molecule has 0 spiro atoms. The second kappa shape index (κ2) is 9.93. The van der Waals surface area contributed by atoms with Crippen molar-refractivity contribution in [1.29, 1.82) is 0 Å². The first-order valence-corrected chi connectivity index (χ1v) is 11.9. The van der Waals surface area contributed by atoms with Crippen molar-refractivity contribution >= 4 is 27.4 Å². The fourth-order valence-electron chi connectivity index (χ4n) is 3.38. The van der Waals surface area contributed by atoms with Crippen molar-refractivity contribution in [3.8, 4) is 16.9 Å². The van der Waals surface area contributed by atoms with Gasteiger partial charge in [-0.15, -0.1) is 0 Å². The number of rotatable bonds is 7. The van der Waals surface area contributed by atoms with Crippen molar-refractivity contribution in [2.24, 2.45) is 0 Å². The summed E-state index contributed by atoms with van der Waals surface area (Å²) in [6, 6.07) is 6.32. The van der Waals surface area contributed by atoms with Crippen LogP contribution in [0.15, 0.2) is 59.8 Å². The Morgan fingerprint density at radius 2 is 1.78 bits per heavy atom. The van der Waals surface area contributed by atoms with E-state index in [0.717, 1.165) is 24.4 Å². The van der Waals surface area contributed by atoms with Crippen LogP contribution in [0, 0.1) is 5.82 Å². The summed E-state index contributed by atoms with van der Waals surface area (Å²) in [5, 5.41) is 9.44. The molecule has 3 rings (SSSR count). The van der Waals surface area contributed by atoms with Crippen molar-refractivity contribution in [2.45, 2.75) is 11.1 Å². The van der Waals surface area contributed by atoms with E-state index in [1.54, 1.807) is 0 Å². The number of carboxylic acids is 1. The van der Waals surface area contributed by atoms with Gasteiger partial charge in [-0.05, 0) is 42.5 Å². The third kappa shape index (κ3) is 5.79. The number of aliphatic carboxylic acids is 1. The molecule has 0 aliphatic heterocycles. The van der Waals surface area contributed by atoms with Crippen LogP contribution >= 0.6 is 0 Å². The number of hydrogen-bond donors (Lipinski definition) is 1. The lowest BCUT2D eigenvalue weighted by molar-refractivity contribution is -0.138. The SMILES string of the molecule is COc1ccc(F)cc1-c1ccncc1N(CC(=O)O)C(=O)c1cc(C(F)(F)F)cc(S(C)(=O)=O)c1. The molecule has 0 fully saturated rings. The number of aromatic nitrogens is 1. The van der Waals surface area contributed by atoms with Crippen molar-refractivity contribution in [3.63, 3.8) is 0 Å². The number of carbonyl (C=O) groups is 2. The minimum absolute atomic E-state index is 0.0891. The van der Waals surface area contributed by atoms with Crippen LogP contribution in [0.4, 0.5) is 23.2 Å². The predicted octanol–water partition coefficient (Wildman–Crippen LogP) is 4.05. The highest BCUT2D eigenvalue weighted by molar-refractivity contribution is 7.90. The van der Waals surface area contributed by atoms with E-state index in [-0.39, 0.29) is 22.6 Å². The van der Waals surface area contributed by atoms with Crippen LogP contribution in [0.3, 0.4) is 0 Å². The van der Waals surface area contributed by atoms with Crippen molar-refractivity contribution < 1.29 is 45.4 Å². The number of halogens is 4. The third-order valence-electron chi connectivity index (χ3n) is 4.99. The van der Waals surface area contributed by atoms with Gasteiger partial charge in [0.2, 0.25) is 0 Å². The summed E-state index contributed by atoms with van der Waals surface area (Å²) in [4.78, 5) is 28.7. The van der Waals surface area contributed by atoms with Gasteiger partial charge in [-0.3, -0.25) is 19.5 Å². The van der Waals surface area contributed by atoms with Gasteiger partial charge < -0.3 is 9.84 Å². The van der Waals surface area contributed by atoms with Crippen LogP contribution in [0.2, 0.25) is 0 Å². The highest BCUT2D eigenvalue weighted by Gasteiger charge is 2.34. The zero-order chi connectivity index (χ0) is 26.8. The van der Waals surface area contributed by atoms with Crippen LogP contribution in [-0.2, 0) is 20.8 Å². The molecule has 13 heteroatoms. The molecule has 36 heavy (non-hydrogen) atoms. The first-order valence-electron chi connectivity index (χ1n) is 9.96. The molecule has 0 aliphatic rings. The Balaban J connectivity index is 2.26. The minimum Gasteiger partial charge on any atom is -0.496 e. The second-order valence-corrected chi connectivity index (χ2v) is 9.55. The van der Waals surface area contributed by atoms with Gasteiger partial charge in [0.05, 0.1) is 29.5 Å². The molecule has 1 aromatic heterocycles. The smallest absolute Gasteiger partial charge is 0.416 e. The molecule has 1 heterocycles. The summed E-state index contributed by atoms with van der Waals surface area (Å²) in [5.74, 6) is -3.30. The first-order chi connectivity index (χ1) is 16.7. The quantitative estimate of drug-likeness (QED) is 0.462. The maximum Gasteiger partial charge on any atom is 0.416 e. The second-order valence-electron chi connectivity index (χ2n) is 7.54. The van der Waals surface area contributed by atoms with Gasteiger partial charge in [-0.2, -0.15) is 13.2 Å². The number of hydrogen-bond acceptors (Lipinski definition) is 6. The number of carboxylic acid groups (broad SMARTS) is 1. The molecule has 0 atom stereocenters. The highest BCUT2D eigenvalue weighted by Crippen LogP contribution is 2.38. The maximum atomic E-state index is 14.0. The van der Waals surface area contributed by atoms with Crippen molar-refractivity contribution in [3.05, 3.63) is 71.8 Å². The van der Waals surface area contributed by atoms with Crippen molar-refractivity contribution in [2.75, 3.05) is 24.8 Å². The molecule has 0 saturated heterocycles. The standard InChI is InChI=1S/C23H18F4N2O6S/c1-35-20-4-3-15(24)10-18(20)17-5-6-28-11-19(17)29(12-21(30)31)22(32)13-7-14(23(25,26)27)9-16(8-13)36(2,33)34/h3-11H,12H2,1-2H3,(H,30,31). The monoisotopic (exact) mass is 526 g/mol. The van der Waals surface area contributed by atoms with E-state index in [1.807, 2.05) is 0 Å². The molecule has 8 nitrogen and oxygen atoms in total. The van der Waals surface area contributed by atoms with E-state index >= 15 is 0 Å². The van der Waals surface area contributed by atoms with Gasteiger partial charge in [0.15, 0.2) is 9.84 Å². The summed E-state index contributed by atoms with van der Waals surface area (Å²) in [6.07, 6.45) is -1.98. The van der Waals surface area contributed by atoms with Gasteiger partial charge >= 0.3 is 12.1 Å². The van der Waals surface area contributed by atoms with E-state index in [4.69, 9.17) is 4.74 Å². The number of methoxy groups -OCH3 is 1. The predicted molar refractivity (Wildman–Crippen MR) is 120 cm³/mol. The molecular formula is C23H18F4N2O6S. The number of pyridine rings is 1. The first kappa shape index (κ1) is 26.6. The molecule has 2 aromatic carbocycles. The van der Waals surface area contributed by atoms with E-state index in [1.165, 1.54) is 25.4 Å². The van der Waals surface area contributed by atoms with Gasteiger partial charge in [-0.1, -0.05) is 0 Å². The Bertz CT molecular complexity index is 1440.